The van der Waals surface area contributed by atoms with E-state index >= 15 is 0 Å². The zero-order chi connectivity index (χ0) is 22.8. The Kier molecular flexibility index (Phi) is 5.67. The average molecular weight is 444 g/mol. The van der Waals surface area contributed by atoms with Crippen LogP contribution < -0.4 is 19.7 Å². The minimum Gasteiger partial charge on any atom is -0.454 e. The molecule has 168 valence electrons. The normalized spacial score (nSPS) is 16.4. The number of para-hydroxylation sites is 2. The molecule has 2 aliphatic rings. The van der Waals surface area contributed by atoms with Crippen LogP contribution in [0, 0.1) is 11.3 Å². The van der Waals surface area contributed by atoms with Crippen LogP contribution in [-0.4, -0.2) is 60.8 Å². The third-order valence-electron chi connectivity index (χ3n) is 5.95. The molecule has 3 aromatic rings. The number of likely N-dealkylation sites (N-methyl/N-ethyl adjacent to an activating group) is 1. The Morgan fingerprint density at radius 3 is 2.58 bits per heavy atom. The number of carbonyl (C=O) groups excluding carboxylic acids is 1. The third-order valence-corrected chi connectivity index (χ3v) is 5.95. The molecule has 2 aliphatic heterocycles. The summed E-state index contributed by atoms with van der Waals surface area (Å²) in [6, 6.07) is 15.2. The number of piperazine rings is 1. The molecule has 1 atom stereocenters. The van der Waals surface area contributed by atoms with E-state index in [4.69, 9.17) is 19.4 Å². The van der Waals surface area contributed by atoms with E-state index < -0.39 is 11.8 Å². The Morgan fingerprint density at radius 2 is 1.82 bits per heavy atom. The molecule has 0 saturated carbocycles. The number of anilines is 1. The van der Waals surface area contributed by atoms with Gasteiger partial charge in [0.1, 0.15) is 5.69 Å². The maximum Gasteiger partial charge on any atom is 0.243 e. The Morgan fingerprint density at radius 1 is 1.09 bits per heavy atom. The SMILES string of the molecule is CN1CCN(c2nc3ccccc3nc2[C@H](C#N)C(=O)NCc2ccc3c(c2)OCO3)CC1. The van der Waals surface area contributed by atoms with Crippen molar-refractivity contribution in [1.82, 2.24) is 20.2 Å². The minimum absolute atomic E-state index is 0.192. The molecule has 0 aliphatic carbocycles. The highest BCUT2D eigenvalue weighted by molar-refractivity contribution is 5.88. The summed E-state index contributed by atoms with van der Waals surface area (Å²) in [5, 5.41) is 12.8. The second-order valence-electron chi connectivity index (χ2n) is 8.18. The van der Waals surface area contributed by atoms with E-state index in [-0.39, 0.29) is 13.3 Å². The zero-order valence-electron chi connectivity index (χ0n) is 18.3. The maximum atomic E-state index is 13.1. The summed E-state index contributed by atoms with van der Waals surface area (Å²) in [6.45, 7) is 3.72. The second-order valence-corrected chi connectivity index (χ2v) is 8.18. The van der Waals surface area contributed by atoms with Crippen LogP contribution in [0.25, 0.3) is 11.0 Å². The second kappa shape index (κ2) is 8.92. The van der Waals surface area contributed by atoms with Crippen LogP contribution in [0.1, 0.15) is 17.2 Å². The summed E-state index contributed by atoms with van der Waals surface area (Å²) in [4.78, 5) is 27.0. The monoisotopic (exact) mass is 444 g/mol. The van der Waals surface area contributed by atoms with Crippen LogP contribution in [0.3, 0.4) is 0 Å². The van der Waals surface area contributed by atoms with Gasteiger partial charge < -0.3 is 24.6 Å². The fourth-order valence-corrected chi connectivity index (χ4v) is 4.04. The number of rotatable bonds is 5. The number of fused-ring (bicyclic) bond motifs is 2. The standard InChI is InChI=1S/C24H24N6O3/c1-29-8-10-30(11-9-29)23-22(27-18-4-2-3-5-19(18)28-23)17(13-25)24(31)26-14-16-6-7-20-21(12-16)33-15-32-20/h2-7,12,17H,8-11,14-15H2,1H3,(H,26,31)/t17-/m0/s1. The van der Waals surface area contributed by atoms with Crippen LogP contribution >= 0.6 is 0 Å². The molecule has 0 radical (unpaired) electrons. The molecule has 3 heterocycles. The van der Waals surface area contributed by atoms with Gasteiger partial charge >= 0.3 is 0 Å². The van der Waals surface area contributed by atoms with E-state index in [1.54, 1.807) is 0 Å². The zero-order valence-corrected chi connectivity index (χ0v) is 18.3. The highest BCUT2D eigenvalue weighted by atomic mass is 16.7. The Labute approximate surface area is 191 Å². The molecule has 5 rings (SSSR count). The Bertz CT molecular complexity index is 1230. The van der Waals surface area contributed by atoms with E-state index in [2.05, 4.69) is 28.2 Å². The van der Waals surface area contributed by atoms with Gasteiger partial charge in [-0.15, -0.1) is 0 Å². The van der Waals surface area contributed by atoms with Crippen molar-refractivity contribution < 1.29 is 14.3 Å². The van der Waals surface area contributed by atoms with Gasteiger partial charge in [-0.1, -0.05) is 18.2 Å². The summed E-state index contributed by atoms with van der Waals surface area (Å²) in [5.41, 5.74) is 2.65. The molecule has 1 fully saturated rings. The predicted octanol–water partition coefficient (Wildman–Crippen LogP) is 2.03. The molecule has 0 unspecified atom stereocenters. The van der Waals surface area contributed by atoms with Crippen molar-refractivity contribution in [2.75, 3.05) is 44.9 Å². The molecular formula is C24H24N6O3. The van der Waals surface area contributed by atoms with Crippen molar-refractivity contribution in [3.63, 3.8) is 0 Å². The lowest BCUT2D eigenvalue weighted by molar-refractivity contribution is -0.121. The smallest absolute Gasteiger partial charge is 0.243 e. The van der Waals surface area contributed by atoms with E-state index in [1.165, 1.54) is 0 Å². The summed E-state index contributed by atoms with van der Waals surface area (Å²) in [5.74, 6) is 0.451. The number of amides is 1. The van der Waals surface area contributed by atoms with Crippen molar-refractivity contribution in [2.24, 2.45) is 0 Å². The summed E-state index contributed by atoms with van der Waals surface area (Å²) in [7, 11) is 2.08. The highest BCUT2D eigenvalue weighted by Crippen LogP contribution is 2.32. The van der Waals surface area contributed by atoms with Crippen molar-refractivity contribution in [3.05, 3.63) is 53.7 Å². The van der Waals surface area contributed by atoms with Crippen molar-refractivity contribution >= 4 is 22.8 Å². The van der Waals surface area contributed by atoms with E-state index in [9.17, 15) is 10.1 Å². The van der Waals surface area contributed by atoms with E-state index in [0.717, 1.165) is 37.3 Å². The topological polar surface area (TPSA) is 104 Å². The molecule has 0 spiro atoms. The molecule has 1 N–H and O–H groups in total. The van der Waals surface area contributed by atoms with Crippen LogP contribution in [-0.2, 0) is 11.3 Å². The molecule has 1 amide bonds. The highest BCUT2D eigenvalue weighted by Gasteiger charge is 2.30. The van der Waals surface area contributed by atoms with Gasteiger partial charge in [0.05, 0.1) is 17.1 Å². The number of aromatic nitrogens is 2. The first-order valence-electron chi connectivity index (χ1n) is 10.9. The largest absolute Gasteiger partial charge is 0.454 e. The lowest BCUT2D eigenvalue weighted by Crippen LogP contribution is -2.45. The summed E-state index contributed by atoms with van der Waals surface area (Å²) >= 11 is 0. The molecule has 0 bridgehead atoms. The number of nitrogens with one attached hydrogen (secondary N) is 1. The van der Waals surface area contributed by atoms with Gasteiger partial charge in [0.15, 0.2) is 23.2 Å². The van der Waals surface area contributed by atoms with Gasteiger partial charge in [0.25, 0.3) is 0 Å². The molecule has 33 heavy (non-hydrogen) atoms. The number of carbonyl (C=O) groups is 1. The van der Waals surface area contributed by atoms with Gasteiger partial charge in [-0.25, -0.2) is 9.97 Å². The Balaban J connectivity index is 1.42. The van der Waals surface area contributed by atoms with Crippen molar-refractivity contribution in [2.45, 2.75) is 12.5 Å². The lowest BCUT2D eigenvalue weighted by atomic mass is 10.0. The fraction of sp³-hybridized carbons (Fsp3) is 0.333. The van der Waals surface area contributed by atoms with E-state index in [0.29, 0.717) is 28.5 Å². The fourth-order valence-electron chi connectivity index (χ4n) is 4.04. The first-order chi connectivity index (χ1) is 16.1. The molecular weight excluding hydrogens is 420 g/mol. The van der Waals surface area contributed by atoms with Gasteiger partial charge in [-0.2, -0.15) is 5.26 Å². The van der Waals surface area contributed by atoms with Gasteiger partial charge in [0.2, 0.25) is 12.7 Å². The number of hydrogen-bond acceptors (Lipinski definition) is 8. The number of hydrogen-bond donors (Lipinski definition) is 1. The Hall–Kier alpha value is -3.90. The average Bonchev–Trinajstić information content (AvgIpc) is 3.31. The first kappa shape index (κ1) is 21.0. The van der Waals surface area contributed by atoms with Crippen LogP contribution in [0.5, 0.6) is 11.5 Å². The predicted molar refractivity (Wildman–Crippen MR) is 122 cm³/mol. The van der Waals surface area contributed by atoms with Crippen molar-refractivity contribution in [3.8, 4) is 17.6 Å². The van der Waals surface area contributed by atoms with Gasteiger partial charge in [-0.05, 0) is 36.9 Å². The van der Waals surface area contributed by atoms with E-state index in [1.807, 2.05) is 42.5 Å². The number of nitrogens with zero attached hydrogens (tertiary/aromatic N) is 5. The van der Waals surface area contributed by atoms with Crippen molar-refractivity contribution in [1.29, 1.82) is 5.26 Å². The third kappa shape index (κ3) is 4.25. The molecule has 1 saturated heterocycles. The first-order valence-corrected chi connectivity index (χ1v) is 10.9. The molecule has 9 heteroatoms. The number of ether oxygens (including phenoxy) is 2. The quantitative estimate of drug-likeness (QED) is 0.638. The number of nitriles is 1. The van der Waals surface area contributed by atoms with Crippen LogP contribution in [0.4, 0.5) is 5.82 Å². The molecule has 2 aromatic carbocycles. The maximum absolute atomic E-state index is 13.1. The minimum atomic E-state index is -1.08. The summed E-state index contributed by atoms with van der Waals surface area (Å²) < 4.78 is 10.7. The van der Waals surface area contributed by atoms with Crippen LogP contribution in [0.2, 0.25) is 0 Å². The molecule has 1 aromatic heterocycles. The number of benzene rings is 2. The lowest BCUT2D eigenvalue weighted by Gasteiger charge is -2.34. The summed E-state index contributed by atoms with van der Waals surface area (Å²) in [6.07, 6.45) is 0. The van der Waals surface area contributed by atoms with Gasteiger partial charge in [-0.3, -0.25) is 4.79 Å². The van der Waals surface area contributed by atoms with Crippen LogP contribution in [0.15, 0.2) is 42.5 Å². The molecule has 9 nitrogen and oxygen atoms in total. The van der Waals surface area contributed by atoms with Gasteiger partial charge in [0, 0.05) is 32.7 Å².